The van der Waals surface area contributed by atoms with Gasteiger partial charge in [0.15, 0.2) is 5.69 Å². The second-order valence-electron chi connectivity index (χ2n) is 6.30. The number of aromatic nitrogens is 2. The molecule has 0 aliphatic carbocycles. The molecular weight excluding hydrogens is 347 g/mol. The van der Waals surface area contributed by atoms with E-state index in [1.807, 2.05) is 0 Å². The van der Waals surface area contributed by atoms with Crippen molar-refractivity contribution in [1.82, 2.24) is 9.78 Å². The van der Waals surface area contributed by atoms with E-state index >= 15 is 0 Å². The monoisotopic (exact) mass is 366 g/mol. The first kappa shape index (κ1) is 18.3. The Labute approximate surface area is 156 Å². The minimum absolute atomic E-state index is 0.100. The molecule has 0 bridgehead atoms. The van der Waals surface area contributed by atoms with Crippen molar-refractivity contribution in [3.05, 3.63) is 72.3 Å². The number of carbonyl (C=O) groups excluding carboxylic acids is 2. The van der Waals surface area contributed by atoms with Crippen LogP contribution in [-0.4, -0.2) is 21.6 Å². The van der Waals surface area contributed by atoms with Gasteiger partial charge in [-0.15, -0.1) is 0 Å². The molecule has 1 aromatic heterocycles. The number of carbonyl (C=O) groups is 2. The van der Waals surface area contributed by atoms with Gasteiger partial charge in [-0.25, -0.2) is 9.07 Å². The van der Waals surface area contributed by atoms with Gasteiger partial charge in [0.25, 0.3) is 5.91 Å². The van der Waals surface area contributed by atoms with Crippen LogP contribution >= 0.6 is 0 Å². The second-order valence-corrected chi connectivity index (χ2v) is 6.30. The molecule has 0 unspecified atom stereocenters. The topological polar surface area (TPSA) is 76.0 Å². The van der Waals surface area contributed by atoms with Crippen molar-refractivity contribution in [1.29, 1.82) is 0 Å². The number of hydrogen-bond acceptors (Lipinski definition) is 3. The highest BCUT2D eigenvalue weighted by Crippen LogP contribution is 2.17. The number of benzene rings is 2. The van der Waals surface area contributed by atoms with E-state index in [0.29, 0.717) is 17.1 Å². The number of halogens is 1. The van der Waals surface area contributed by atoms with Gasteiger partial charge in [-0.05, 0) is 48.5 Å². The van der Waals surface area contributed by atoms with Crippen LogP contribution in [0.2, 0.25) is 0 Å². The Morgan fingerprint density at radius 2 is 1.67 bits per heavy atom. The van der Waals surface area contributed by atoms with Crippen molar-refractivity contribution in [2.75, 3.05) is 10.6 Å². The largest absolute Gasteiger partial charge is 0.326 e. The molecule has 0 spiro atoms. The fraction of sp³-hybridized carbons (Fsp3) is 0.150. The molecule has 0 aliphatic rings. The molecule has 0 atom stereocenters. The third-order valence-electron chi connectivity index (χ3n) is 3.83. The fourth-order valence-electron chi connectivity index (χ4n) is 2.34. The average molecular weight is 366 g/mol. The lowest BCUT2D eigenvalue weighted by molar-refractivity contribution is -0.118. The minimum Gasteiger partial charge on any atom is -0.326 e. The van der Waals surface area contributed by atoms with Gasteiger partial charge in [0.1, 0.15) is 5.82 Å². The van der Waals surface area contributed by atoms with Gasteiger partial charge in [0.05, 0.1) is 5.69 Å². The quantitative estimate of drug-likeness (QED) is 0.720. The molecule has 0 radical (unpaired) electrons. The van der Waals surface area contributed by atoms with Crippen LogP contribution in [0.15, 0.2) is 60.8 Å². The summed E-state index contributed by atoms with van der Waals surface area (Å²) in [5.41, 5.74) is 2.01. The van der Waals surface area contributed by atoms with Crippen LogP contribution in [0.1, 0.15) is 24.3 Å². The van der Waals surface area contributed by atoms with Gasteiger partial charge < -0.3 is 10.6 Å². The van der Waals surface area contributed by atoms with Crippen molar-refractivity contribution in [2.24, 2.45) is 5.92 Å². The maximum atomic E-state index is 13.0. The average Bonchev–Trinajstić information content (AvgIpc) is 3.13. The third-order valence-corrected chi connectivity index (χ3v) is 3.83. The number of rotatable bonds is 5. The van der Waals surface area contributed by atoms with Crippen LogP contribution in [0.5, 0.6) is 0 Å². The summed E-state index contributed by atoms with van der Waals surface area (Å²) in [6, 6.07) is 14.3. The van der Waals surface area contributed by atoms with E-state index in [9.17, 15) is 14.0 Å². The van der Waals surface area contributed by atoms with Crippen LogP contribution in [0.4, 0.5) is 15.8 Å². The predicted molar refractivity (Wildman–Crippen MR) is 101 cm³/mol. The highest BCUT2D eigenvalue weighted by Gasteiger charge is 2.12. The van der Waals surface area contributed by atoms with Crippen molar-refractivity contribution in [3.8, 4) is 5.69 Å². The first-order valence-corrected chi connectivity index (χ1v) is 8.46. The Morgan fingerprint density at radius 1 is 1.00 bits per heavy atom. The van der Waals surface area contributed by atoms with Gasteiger partial charge in [-0.1, -0.05) is 19.9 Å². The summed E-state index contributed by atoms with van der Waals surface area (Å²) >= 11 is 0. The molecule has 27 heavy (non-hydrogen) atoms. The van der Waals surface area contributed by atoms with E-state index < -0.39 is 0 Å². The molecule has 2 N–H and O–H groups in total. The molecule has 0 saturated carbocycles. The van der Waals surface area contributed by atoms with Gasteiger partial charge >= 0.3 is 0 Å². The van der Waals surface area contributed by atoms with Crippen molar-refractivity contribution >= 4 is 23.2 Å². The van der Waals surface area contributed by atoms with Crippen LogP contribution in [0.25, 0.3) is 5.69 Å². The van der Waals surface area contributed by atoms with E-state index in [4.69, 9.17) is 0 Å². The van der Waals surface area contributed by atoms with E-state index in [0.717, 1.165) is 0 Å². The van der Waals surface area contributed by atoms with E-state index in [1.165, 1.54) is 16.8 Å². The molecule has 0 aliphatic heterocycles. The first-order chi connectivity index (χ1) is 12.9. The third kappa shape index (κ3) is 4.58. The summed E-state index contributed by atoms with van der Waals surface area (Å²) in [5.74, 6) is -0.966. The minimum atomic E-state index is -0.386. The van der Waals surface area contributed by atoms with Crippen LogP contribution in [-0.2, 0) is 4.79 Å². The maximum Gasteiger partial charge on any atom is 0.276 e. The smallest absolute Gasteiger partial charge is 0.276 e. The number of hydrogen-bond donors (Lipinski definition) is 2. The molecule has 6 nitrogen and oxygen atoms in total. The lowest BCUT2D eigenvalue weighted by Gasteiger charge is -2.09. The Morgan fingerprint density at radius 3 is 2.33 bits per heavy atom. The predicted octanol–water partition coefficient (Wildman–Crippen LogP) is 3.86. The summed E-state index contributed by atoms with van der Waals surface area (Å²) in [6.45, 7) is 3.61. The Balaban J connectivity index is 1.71. The SMILES string of the molecule is CC(C)C(=O)Nc1cccc(NC(=O)c2ccn(-c3ccc(F)cc3)n2)c1. The molecule has 3 rings (SSSR count). The second kappa shape index (κ2) is 7.82. The summed E-state index contributed by atoms with van der Waals surface area (Å²) in [7, 11) is 0. The fourth-order valence-corrected chi connectivity index (χ4v) is 2.34. The Kier molecular flexibility index (Phi) is 5.30. The van der Waals surface area contributed by atoms with E-state index in [2.05, 4.69) is 15.7 Å². The van der Waals surface area contributed by atoms with E-state index in [-0.39, 0.29) is 29.2 Å². The van der Waals surface area contributed by atoms with Crippen LogP contribution in [0, 0.1) is 11.7 Å². The first-order valence-electron chi connectivity index (χ1n) is 8.46. The highest BCUT2D eigenvalue weighted by molar-refractivity contribution is 6.03. The molecule has 3 aromatic rings. The summed E-state index contributed by atoms with van der Waals surface area (Å²) < 4.78 is 14.5. The number of nitrogens with one attached hydrogen (secondary N) is 2. The summed E-state index contributed by atoms with van der Waals surface area (Å²) in [6.07, 6.45) is 1.63. The Hall–Kier alpha value is -3.48. The van der Waals surface area contributed by atoms with Crippen molar-refractivity contribution in [3.63, 3.8) is 0 Å². The maximum absolute atomic E-state index is 13.0. The molecule has 2 aromatic carbocycles. The van der Waals surface area contributed by atoms with Crippen LogP contribution in [0.3, 0.4) is 0 Å². The van der Waals surface area contributed by atoms with Gasteiger partial charge in [0.2, 0.25) is 5.91 Å². The van der Waals surface area contributed by atoms with Gasteiger partial charge in [-0.2, -0.15) is 5.10 Å². The zero-order valence-corrected chi connectivity index (χ0v) is 14.9. The lowest BCUT2D eigenvalue weighted by atomic mass is 10.2. The summed E-state index contributed by atoms with van der Waals surface area (Å²) in [5, 5.41) is 9.75. The molecular formula is C20H19FN4O2. The molecule has 1 heterocycles. The standard InChI is InChI=1S/C20H19FN4O2/c1-13(2)19(26)22-15-4-3-5-16(12-15)23-20(27)18-10-11-25(24-18)17-8-6-14(21)7-9-17/h3-13H,1-2H3,(H,22,26)(H,23,27). The van der Waals surface area contributed by atoms with Gasteiger partial charge in [0, 0.05) is 23.5 Å². The number of anilines is 2. The number of amides is 2. The van der Waals surface area contributed by atoms with Gasteiger partial charge in [-0.3, -0.25) is 9.59 Å². The zero-order chi connectivity index (χ0) is 19.4. The summed E-state index contributed by atoms with van der Waals surface area (Å²) in [4.78, 5) is 24.2. The molecule has 0 saturated heterocycles. The molecule has 7 heteroatoms. The lowest BCUT2D eigenvalue weighted by Crippen LogP contribution is -2.18. The molecule has 138 valence electrons. The molecule has 2 amide bonds. The number of nitrogens with zero attached hydrogens (tertiary/aromatic N) is 2. The van der Waals surface area contributed by atoms with Crippen molar-refractivity contribution in [2.45, 2.75) is 13.8 Å². The highest BCUT2D eigenvalue weighted by atomic mass is 19.1. The van der Waals surface area contributed by atoms with E-state index in [1.54, 1.807) is 62.5 Å². The normalized spacial score (nSPS) is 10.7. The molecule has 0 fully saturated rings. The Bertz CT molecular complexity index is 964. The van der Waals surface area contributed by atoms with Crippen molar-refractivity contribution < 1.29 is 14.0 Å². The zero-order valence-electron chi connectivity index (χ0n) is 14.9. The van der Waals surface area contributed by atoms with Crippen LogP contribution < -0.4 is 10.6 Å².